The molecular weight excluding hydrogens is 229 g/mol. The van der Waals surface area contributed by atoms with Gasteiger partial charge in [-0.25, -0.2) is 0 Å². The Bertz CT molecular complexity index is 297. The second-order valence-corrected chi connectivity index (χ2v) is 4.29. The Morgan fingerprint density at radius 3 is 2.46 bits per heavy atom. The fourth-order valence-corrected chi connectivity index (χ4v) is 1.40. The van der Waals surface area contributed by atoms with E-state index in [-0.39, 0.29) is 0 Å². The van der Waals surface area contributed by atoms with Crippen molar-refractivity contribution in [1.82, 2.24) is 0 Å². The summed E-state index contributed by atoms with van der Waals surface area (Å²) in [6, 6.07) is 6.99. The molecule has 0 aliphatic carbocycles. The number of carbonyl (C=O) groups is 1. The van der Waals surface area contributed by atoms with Gasteiger partial charge in [-0.15, -0.1) is 0 Å². The maximum absolute atomic E-state index is 10.4. The van der Waals surface area contributed by atoms with Crippen molar-refractivity contribution in [1.29, 1.82) is 0 Å². The van der Waals surface area contributed by atoms with Crippen LogP contribution in [0.1, 0.15) is 5.56 Å². The average Bonchev–Trinajstić information content (AvgIpc) is 2.08. The molecule has 1 unspecified atom stereocenters. The first-order valence-electron chi connectivity index (χ1n) is 3.92. The number of benzene rings is 1. The first-order chi connectivity index (χ1) is 6.09. The molecular formula is C9H12AsNO2. The second kappa shape index (κ2) is 4.45. The molecule has 70 valence electrons. The van der Waals surface area contributed by atoms with Crippen LogP contribution in [0.2, 0.25) is 0 Å². The second-order valence-electron chi connectivity index (χ2n) is 2.89. The van der Waals surface area contributed by atoms with E-state index in [1.54, 1.807) is 16.9 Å². The predicted molar refractivity (Wildman–Crippen MR) is 53.9 cm³/mol. The van der Waals surface area contributed by atoms with Crippen molar-refractivity contribution < 1.29 is 9.90 Å². The van der Waals surface area contributed by atoms with Gasteiger partial charge in [0.1, 0.15) is 0 Å². The molecule has 1 rings (SSSR count). The molecule has 3 N–H and O–H groups in total. The third-order valence-corrected chi connectivity index (χ3v) is 2.56. The van der Waals surface area contributed by atoms with Crippen molar-refractivity contribution in [3.63, 3.8) is 0 Å². The Labute approximate surface area is 85.4 Å². The molecule has 0 saturated carbocycles. The summed E-state index contributed by atoms with van der Waals surface area (Å²) >= 11 is 1.55. The first-order valence-corrected chi connectivity index (χ1v) is 5.13. The monoisotopic (exact) mass is 241 g/mol. The minimum absolute atomic E-state index is 0.391. The van der Waals surface area contributed by atoms with Gasteiger partial charge >= 0.3 is 85.1 Å². The third kappa shape index (κ3) is 3.21. The number of hydrogen-bond acceptors (Lipinski definition) is 2. The zero-order valence-electron chi connectivity index (χ0n) is 7.10. The summed E-state index contributed by atoms with van der Waals surface area (Å²) in [4.78, 5) is 10.4. The maximum atomic E-state index is 10.4. The number of nitrogens with two attached hydrogens (primary N) is 1. The minimum atomic E-state index is -0.954. The molecule has 0 radical (unpaired) electrons. The van der Waals surface area contributed by atoms with Crippen LogP contribution in [0.15, 0.2) is 24.3 Å². The van der Waals surface area contributed by atoms with Crippen LogP contribution in [0.25, 0.3) is 0 Å². The van der Waals surface area contributed by atoms with Crippen LogP contribution in [0.5, 0.6) is 0 Å². The number of carboxylic acids is 1. The van der Waals surface area contributed by atoms with Crippen molar-refractivity contribution in [3.8, 4) is 0 Å². The SMILES string of the molecule is N[C@@H](Cc1ccc([AsH2])cc1)C(=O)O. The first kappa shape index (κ1) is 10.3. The Balaban J connectivity index is 2.64. The molecule has 0 spiro atoms. The van der Waals surface area contributed by atoms with Crippen molar-refractivity contribution in [3.05, 3.63) is 29.8 Å². The zero-order valence-corrected chi connectivity index (χ0v) is 9.53. The summed E-state index contributed by atoms with van der Waals surface area (Å²) in [5.74, 6) is -0.954. The van der Waals surface area contributed by atoms with Crippen LogP contribution in [-0.2, 0) is 11.2 Å². The van der Waals surface area contributed by atoms with Crippen LogP contribution < -0.4 is 10.1 Å². The molecule has 13 heavy (non-hydrogen) atoms. The molecule has 0 aliphatic heterocycles. The van der Waals surface area contributed by atoms with E-state index >= 15 is 0 Å². The van der Waals surface area contributed by atoms with Gasteiger partial charge in [0.15, 0.2) is 0 Å². The molecule has 0 saturated heterocycles. The average molecular weight is 241 g/mol. The summed E-state index contributed by atoms with van der Waals surface area (Å²) in [7, 11) is 0. The predicted octanol–water partition coefficient (Wildman–Crippen LogP) is -1.10. The normalized spacial score (nSPS) is 12.5. The topological polar surface area (TPSA) is 63.3 Å². The summed E-state index contributed by atoms with van der Waals surface area (Å²) in [5, 5.41) is 8.58. The Morgan fingerprint density at radius 1 is 1.46 bits per heavy atom. The van der Waals surface area contributed by atoms with E-state index < -0.39 is 12.0 Å². The molecule has 2 atom stereocenters. The molecule has 0 fully saturated rings. The van der Waals surface area contributed by atoms with E-state index in [1.807, 2.05) is 24.3 Å². The van der Waals surface area contributed by atoms with E-state index in [0.29, 0.717) is 6.42 Å². The van der Waals surface area contributed by atoms with Gasteiger partial charge < -0.3 is 0 Å². The van der Waals surface area contributed by atoms with Gasteiger partial charge in [0.05, 0.1) is 0 Å². The molecule has 0 aromatic heterocycles. The van der Waals surface area contributed by atoms with Crippen LogP contribution in [0.3, 0.4) is 0 Å². The molecule has 1 aromatic carbocycles. The van der Waals surface area contributed by atoms with Crippen molar-refractivity contribution in [2.24, 2.45) is 5.73 Å². The number of aliphatic carboxylic acids is 1. The zero-order chi connectivity index (χ0) is 9.84. The Kier molecular flexibility index (Phi) is 3.52. The summed E-state index contributed by atoms with van der Waals surface area (Å²) in [6.45, 7) is 0. The third-order valence-electron chi connectivity index (χ3n) is 1.75. The van der Waals surface area contributed by atoms with Gasteiger partial charge in [-0.2, -0.15) is 0 Å². The molecule has 1 aromatic rings. The Morgan fingerprint density at radius 2 is 2.00 bits per heavy atom. The number of carboxylic acid groups (broad SMARTS) is 1. The Hall–Kier alpha value is -0.792. The summed E-state index contributed by atoms with van der Waals surface area (Å²) in [6.07, 6.45) is 0.391. The van der Waals surface area contributed by atoms with E-state index in [4.69, 9.17) is 10.8 Å². The molecule has 4 heteroatoms. The quantitative estimate of drug-likeness (QED) is 0.660. The van der Waals surface area contributed by atoms with Crippen molar-refractivity contribution in [2.45, 2.75) is 12.5 Å². The van der Waals surface area contributed by atoms with Crippen molar-refractivity contribution >= 4 is 27.2 Å². The number of rotatable bonds is 3. The van der Waals surface area contributed by atoms with Gasteiger partial charge in [0, 0.05) is 0 Å². The van der Waals surface area contributed by atoms with Gasteiger partial charge in [-0.05, 0) is 0 Å². The molecule has 3 nitrogen and oxygen atoms in total. The fraction of sp³-hybridized carbons (Fsp3) is 0.222. The van der Waals surface area contributed by atoms with Crippen LogP contribution >= 0.6 is 0 Å². The van der Waals surface area contributed by atoms with Gasteiger partial charge in [-0.3, -0.25) is 0 Å². The van der Waals surface area contributed by atoms with Crippen molar-refractivity contribution in [2.75, 3.05) is 0 Å². The van der Waals surface area contributed by atoms with E-state index in [9.17, 15) is 4.79 Å². The molecule has 0 amide bonds. The van der Waals surface area contributed by atoms with E-state index in [0.717, 1.165) is 5.56 Å². The van der Waals surface area contributed by atoms with E-state index in [2.05, 4.69) is 0 Å². The fourth-order valence-electron chi connectivity index (χ4n) is 0.995. The van der Waals surface area contributed by atoms with E-state index in [1.165, 1.54) is 4.35 Å². The van der Waals surface area contributed by atoms with Gasteiger partial charge in [0.25, 0.3) is 0 Å². The molecule has 0 bridgehead atoms. The summed E-state index contributed by atoms with van der Waals surface area (Å²) in [5.41, 5.74) is 6.36. The van der Waals surface area contributed by atoms with Crippen LogP contribution in [0.4, 0.5) is 0 Å². The standard InChI is InChI=1S/C9H12AsNO2/c10-7-3-1-6(2-4-7)5-8(11)9(12)13/h1-4,8H,5,10-11H2,(H,12,13)/t8-/m0/s1. The van der Waals surface area contributed by atoms with Crippen LogP contribution in [-0.4, -0.2) is 34.0 Å². The van der Waals surface area contributed by atoms with Crippen LogP contribution in [0, 0.1) is 0 Å². The van der Waals surface area contributed by atoms with Gasteiger partial charge in [-0.1, -0.05) is 0 Å². The molecule has 0 aliphatic rings. The molecule has 0 heterocycles. The van der Waals surface area contributed by atoms with Gasteiger partial charge in [0.2, 0.25) is 0 Å². The summed E-state index contributed by atoms with van der Waals surface area (Å²) < 4.78 is 1.22. The number of hydrogen-bond donors (Lipinski definition) is 2.